The van der Waals surface area contributed by atoms with Crippen LogP contribution in [0.1, 0.15) is 12.5 Å². The molecule has 0 saturated carbocycles. The van der Waals surface area contributed by atoms with Gasteiger partial charge in [0.1, 0.15) is 12.3 Å². The fourth-order valence-corrected chi connectivity index (χ4v) is 4.45. The molecule has 0 heterocycles. The van der Waals surface area contributed by atoms with E-state index in [9.17, 15) is 18.3 Å². The van der Waals surface area contributed by atoms with Gasteiger partial charge in [-0.1, -0.05) is 18.2 Å². The van der Waals surface area contributed by atoms with Crippen molar-refractivity contribution in [2.24, 2.45) is 5.10 Å². The molecule has 3 aromatic rings. The van der Waals surface area contributed by atoms with E-state index >= 15 is 0 Å². The van der Waals surface area contributed by atoms with Crippen molar-refractivity contribution in [1.82, 2.24) is 5.43 Å². The number of hydrogen-bond donors (Lipinski definition) is 2. The van der Waals surface area contributed by atoms with Gasteiger partial charge in [0.05, 0.1) is 30.5 Å². The fourth-order valence-electron chi connectivity index (χ4n) is 3.01. The highest BCUT2D eigenvalue weighted by atomic mass is 32.2. The number of nitrogens with one attached hydrogen (secondary N) is 1. The lowest BCUT2D eigenvalue weighted by Gasteiger charge is -2.23. The van der Waals surface area contributed by atoms with Crippen LogP contribution in [0.3, 0.4) is 0 Å². The van der Waals surface area contributed by atoms with E-state index in [2.05, 4.69) is 10.5 Å². The topological polar surface area (TPSA) is 118 Å². The van der Waals surface area contributed by atoms with Crippen molar-refractivity contribution in [2.75, 3.05) is 24.6 Å². The van der Waals surface area contributed by atoms with E-state index < -0.39 is 22.5 Å². The molecule has 0 fully saturated rings. The maximum atomic E-state index is 13.3. The number of carbonyl (C=O) groups is 1. The van der Waals surface area contributed by atoms with E-state index in [4.69, 9.17) is 9.47 Å². The minimum absolute atomic E-state index is 0.00992. The molecule has 0 radical (unpaired) electrons. The number of sulfonamides is 1. The summed E-state index contributed by atoms with van der Waals surface area (Å²) in [5, 5.41) is 13.7. The van der Waals surface area contributed by atoms with Gasteiger partial charge < -0.3 is 14.6 Å². The Balaban J connectivity index is 1.80. The number of carbonyl (C=O) groups excluding carboxylic acids is 1. The quantitative estimate of drug-likeness (QED) is 0.338. The molecular weight excluding hydrogens is 458 g/mol. The molecule has 0 aliphatic rings. The average molecular weight is 484 g/mol. The molecule has 0 atom stereocenters. The average Bonchev–Trinajstić information content (AvgIpc) is 2.85. The van der Waals surface area contributed by atoms with Crippen molar-refractivity contribution < 1.29 is 27.8 Å². The number of amides is 1. The third-order valence-electron chi connectivity index (χ3n) is 4.67. The fraction of sp³-hybridized carbons (Fsp3) is 0.167. The predicted molar refractivity (Wildman–Crippen MR) is 129 cm³/mol. The van der Waals surface area contributed by atoms with Gasteiger partial charge in [-0.15, -0.1) is 0 Å². The van der Waals surface area contributed by atoms with Crippen molar-refractivity contribution in [3.63, 3.8) is 0 Å². The minimum Gasteiger partial charge on any atom is -0.504 e. The van der Waals surface area contributed by atoms with Crippen molar-refractivity contribution in [1.29, 1.82) is 0 Å². The summed E-state index contributed by atoms with van der Waals surface area (Å²) in [5.74, 6) is 0.187. The van der Waals surface area contributed by atoms with Crippen LogP contribution in [0.5, 0.6) is 17.2 Å². The van der Waals surface area contributed by atoms with Crippen LogP contribution in [0.4, 0.5) is 5.69 Å². The Morgan fingerprint density at radius 1 is 1.09 bits per heavy atom. The van der Waals surface area contributed by atoms with Gasteiger partial charge in [-0.3, -0.25) is 9.10 Å². The Hall–Kier alpha value is -4.05. The molecule has 9 nitrogen and oxygen atoms in total. The second-order valence-corrected chi connectivity index (χ2v) is 8.84. The molecule has 3 aromatic carbocycles. The van der Waals surface area contributed by atoms with Crippen molar-refractivity contribution in [2.45, 2.75) is 11.8 Å². The van der Waals surface area contributed by atoms with Crippen LogP contribution in [0, 0.1) is 0 Å². The number of nitrogens with zero attached hydrogens (tertiary/aromatic N) is 2. The Morgan fingerprint density at radius 3 is 2.44 bits per heavy atom. The predicted octanol–water partition coefficient (Wildman–Crippen LogP) is 3.15. The van der Waals surface area contributed by atoms with E-state index in [0.29, 0.717) is 23.6 Å². The number of benzene rings is 3. The first-order valence-corrected chi connectivity index (χ1v) is 11.8. The van der Waals surface area contributed by atoms with Gasteiger partial charge in [0, 0.05) is 0 Å². The number of ether oxygens (including phenoxy) is 2. The maximum absolute atomic E-state index is 13.3. The molecule has 0 aliphatic heterocycles. The number of hydrogen-bond acceptors (Lipinski definition) is 7. The largest absolute Gasteiger partial charge is 0.504 e. The Labute approximate surface area is 198 Å². The summed E-state index contributed by atoms with van der Waals surface area (Å²) < 4.78 is 38.0. The van der Waals surface area contributed by atoms with Crippen LogP contribution in [0.2, 0.25) is 0 Å². The lowest BCUT2D eigenvalue weighted by molar-refractivity contribution is -0.119. The van der Waals surface area contributed by atoms with E-state index in [1.54, 1.807) is 61.5 Å². The highest BCUT2D eigenvalue weighted by Crippen LogP contribution is 2.27. The summed E-state index contributed by atoms with van der Waals surface area (Å²) in [5.41, 5.74) is 3.21. The monoisotopic (exact) mass is 483 g/mol. The van der Waals surface area contributed by atoms with E-state index in [1.165, 1.54) is 31.5 Å². The number of phenols is 1. The van der Waals surface area contributed by atoms with E-state index in [-0.39, 0.29) is 16.4 Å². The lowest BCUT2D eigenvalue weighted by Crippen LogP contribution is -2.39. The van der Waals surface area contributed by atoms with Gasteiger partial charge in [0.15, 0.2) is 11.5 Å². The Morgan fingerprint density at radius 2 is 1.79 bits per heavy atom. The van der Waals surface area contributed by atoms with Crippen molar-refractivity contribution >= 4 is 27.8 Å². The van der Waals surface area contributed by atoms with Gasteiger partial charge in [-0.25, -0.2) is 13.8 Å². The van der Waals surface area contributed by atoms with Crippen LogP contribution in [0.25, 0.3) is 0 Å². The first-order chi connectivity index (χ1) is 16.3. The molecule has 0 bridgehead atoms. The van der Waals surface area contributed by atoms with Gasteiger partial charge in [-0.05, 0) is 67.1 Å². The summed E-state index contributed by atoms with van der Waals surface area (Å²) >= 11 is 0. The molecule has 1 amide bonds. The number of methoxy groups -OCH3 is 1. The highest BCUT2D eigenvalue weighted by molar-refractivity contribution is 7.92. The van der Waals surface area contributed by atoms with E-state index in [0.717, 1.165) is 4.31 Å². The van der Waals surface area contributed by atoms with Crippen molar-refractivity contribution in [3.05, 3.63) is 78.4 Å². The van der Waals surface area contributed by atoms with Gasteiger partial charge in [-0.2, -0.15) is 5.10 Å². The molecule has 0 spiro atoms. The van der Waals surface area contributed by atoms with Gasteiger partial charge in [0.25, 0.3) is 15.9 Å². The number of anilines is 1. The number of rotatable bonds is 10. The van der Waals surface area contributed by atoms with Crippen LogP contribution in [0.15, 0.2) is 82.8 Å². The summed E-state index contributed by atoms with van der Waals surface area (Å²) in [4.78, 5) is 12.7. The summed E-state index contributed by atoms with van der Waals surface area (Å²) in [6.07, 6.45) is 1.36. The lowest BCUT2D eigenvalue weighted by atomic mass is 10.2. The number of aromatic hydroxyl groups is 1. The second kappa shape index (κ2) is 11.2. The molecule has 0 saturated heterocycles. The summed E-state index contributed by atoms with van der Waals surface area (Å²) in [6.45, 7) is 1.67. The van der Waals surface area contributed by atoms with Gasteiger partial charge in [0.2, 0.25) is 0 Å². The SMILES string of the molecule is CCOc1cc(/C=N\NC(=O)CN(c2ccc(OC)cc2)S(=O)(=O)c2ccccc2)ccc1O. The Kier molecular flexibility index (Phi) is 8.10. The maximum Gasteiger partial charge on any atom is 0.264 e. The van der Waals surface area contributed by atoms with Gasteiger partial charge >= 0.3 is 0 Å². The molecule has 178 valence electrons. The van der Waals surface area contributed by atoms with Crippen molar-refractivity contribution in [3.8, 4) is 17.2 Å². The number of phenolic OH excluding ortho intramolecular Hbond substituents is 1. The molecule has 10 heteroatoms. The van der Waals surface area contributed by atoms with Crippen LogP contribution in [-0.4, -0.2) is 45.9 Å². The van der Waals surface area contributed by atoms with Crippen LogP contribution in [-0.2, 0) is 14.8 Å². The zero-order valence-electron chi connectivity index (χ0n) is 18.7. The van der Waals surface area contributed by atoms with Crippen LogP contribution >= 0.6 is 0 Å². The smallest absolute Gasteiger partial charge is 0.264 e. The highest BCUT2D eigenvalue weighted by Gasteiger charge is 2.27. The third-order valence-corrected chi connectivity index (χ3v) is 6.45. The first kappa shape index (κ1) is 24.6. The minimum atomic E-state index is -4.03. The zero-order valence-corrected chi connectivity index (χ0v) is 19.5. The van der Waals surface area contributed by atoms with E-state index in [1.807, 2.05) is 0 Å². The molecule has 3 rings (SSSR count). The molecular formula is C24H25N3O6S. The normalized spacial score (nSPS) is 11.2. The first-order valence-electron chi connectivity index (χ1n) is 10.3. The standard InChI is InChI=1S/C24H25N3O6S/c1-3-33-23-15-18(9-14-22(23)28)16-25-26-24(29)17-27(19-10-12-20(32-2)13-11-19)34(30,31)21-7-5-4-6-8-21/h4-16,28H,3,17H2,1-2H3,(H,26,29)/b25-16-. The summed E-state index contributed by atoms with van der Waals surface area (Å²) in [7, 11) is -2.52. The molecule has 0 unspecified atom stereocenters. The molecule has 2 N–H and O–H groups in total. The zero-order chi connectivity index (χ0) is 24.6. The molecule has 0 aliphatic carbocycles. The van der Waals surface area contributed by atoms with Crippen LogP contribution < -0.4 is 19.2 Å². The summed E-state index contributed by atoms with van der Waals surface area (Å²) in [6, 6.07) is 18.8. The Bertz CT molecular complexity index is 1250. The molecule has 0 aromatic heterocycles. The third kappa shape index (κ3) is 6.04. The molecule has 34 heavy (non-hydrogen) atoms. The second-order valence-electron chi connectivity index (χ2n) is 6.98. The number of hydrazone groups is 1.